The predicted molar refractivity (Wildman–Crippen MR) is 74.7 cm³/mol. The van der Waals surface area contributed by atoms with Crippen LogP contribution in [0.25, 0.3) is 0 Å². The van der Waals surface area contributed by atoms with Crippen LogP contribution in [-0.2, 0) is 19.0 Å². The molecule has 2 aliphatic rings. The quantitative estimate of drug-likeness (QED) is 0.662. The van der Waals surface area contributed by atoms with Crippen LogP contribution in [0.3, 0.4) is 0 Å². The fourth-order valence-electron chi connectivity index (χ4n) is 2.81. The number of hydrogen-bond donors (Lipinski definition) is 0. The Kier molecular flexibility index (Phi) is 6.22. The first-order chi connectivity index (χ1) is 9.71. The lowest BCUT2D eigenvalue weighted by Crippen LogP contribution is -2.51. The van der Waals surface area contributed by atoms with E-state index in [1.807, 2.05) is 0 Å². The average molecular weight is 286 g/mol. The lowest BCUT2D eigenvalue weighted by Gasteiger charge is -2.38. The van der Waals surface area contributed by atoms with Gasteiger partial charge in [0.05, 0.1) is 39.0 Å². The van der Waals surface area contributed by atoms with Gasteiger partial charge in [-0.2, -0.15) is 0 Å². The van der Waals surface area contributed by atoms with Gasteiger partial charge in [-0.25, -0.2) is 0 Å². The number of carbonyl (C=O) groups excluding carboxylic acids is 1. The summed E-state index contributed by atoms with van der Waals surface area (Å²) in [5, 5.41) is 0. The van der Waals surface area contributed by atoms with Crippen molar-refractivity contribution in [2.24, 2.45) is 0 Å². The Bertz CT molecular complexity index is 314. The minimum atomic E-state index is -0.206. The Morgan fingerprint density at radius 1 is 1.15 bits per heavy atom. The highest BCUT2D eigenvalue weighted by molar-refractivity contribution is 5.69. The largest absolute Gasteiger partial charge is 0.469 e. The van der Waals surface area contributed by atoms with Crippen molar-refractivity contribution < 1.29 is 19.0 Å². The molecular weight excluding hydrogens is 260 g/mol. The molecule has 6 heteroatoms. The predicted octanol–water partition coefficient (Wildman–Crippen LogP) is -0.0290. The van der Waals surface area contributed by atoms with Crippen LogP contribution in [-0.4, -0.2) is 87.6 Å². The van der Waals surface area contributed by atoms with E-state index in [1.165, 1.54) is 7.11 Å². The van der Waals surface area contributed by atoms with E-state index in [0.717, 1.165) is 45.9 Å². The molecule has 0 amide bonds. The lowest BCUT2D eigenvalue weighted by atomic mass is 10.2. The van der Waals surface area contributed by atoms with Crippen molar-refractivity contribution in [1.29, 1.82) is 0 Å². The number of rotatable bonds is 5. The second-order valence-corrected chi connectivity index (χ2v) is 5.42. The van der Waals surface area contributed by atoms with Gasteiger partial charge < -0.3 is 14.2 Å². The van der Waals surface area contributed by atoms with Crippen molar-refractivity contribution in [2.75, 3.05) is 59.6 Å². The first-order valence-corrected chi connectivity index (χ1v) is 7.46. The molecule has 0 N–H and O–H groups in total. The monoisotopic (exact) mass is 286 g/mol. The van der Waals surface area contributed by atoms with E-state index in [0.29, 0.717) is 13.0 Å². The zero-order chi connectivity index (χ0) is 14.4. The van der Waals surface area contributed by atoms with Gasteiger partial charge in [0.15, 0.2) is 0 Å². The smallest absolute Gasteiger partial charge is 0.308 e. The van der Waals surface area contributed by atoms with Crippen LogP contribution in [0.1, 0.15) is 13.3 Å². The molecule has 0 aliphatic carbocycles. The number of hydrogen-bond acceptors (Lipinski definition) is 6. The fourth-order valence-corrected chi connectivity index (χ4v) is 2.81. The van der Waals surface area contributed by atoms with E-state index < -0.39 is 0 Å². The topological polar surface area (TPSA) is 51.2 Å². The van der Waals surface area contributed by atoms with Crippen LogP contribution in [0.15, 0.2) is 0 Å². The molecule has 0 radical (unpaired) electrons. The number of ether oxygens (including phenoxy) is 3. The molecule has 2 atom stereocenters. The fraction of sp³-hybridized carbons (Fsp3) is 0.929. The van der Waals surface area contributed by atoms with Crippen LogP contribution in [0.2, 0.25) is 0 Å². The van der Waals surface area contributed by atoms with Gasteiger partial charge in [-0.1, -0.05) is 6.92 Å². The second kappa shape index (κ2) is 7.93. The summed E-state index contributed by atoms with van der Waals surface area (Å²) in [6.07, 6.45) is 0.544. The third-order valence-electron chi connectivity index (χ3n) is 3.98. The molecular formula is C14H26N2O4. The maximum Gasteiger partial charge on any atom is 0.308 e. The molecule has 0 aromatic rings. The van der Waals surface area contributed by atoms with Gasteiger partial charge in [0.25, 0.3) is 0 Å². The van der Waals surface area contributed by atoms with Gasteiger partial charge in [-0.3, -0.25) is 14.6 Å². The van der Waals surface area contributed by atoms with E-state index >= 15 is 0 Å². The van der Waals surface area contributed by atoms with Crippen LogP contribution in [0.5, 0.6) is 0 Å². The number of nitrogens with zero attached hydrogens (tertiary/aromatic N) is 2. The molecule has 0 aromatic carbocycles. The first kappa shape index (κ1) is 15.7. The molecule has 6 nitrogen and oxygen atoms in total. The maximum atomic E-state index is 11.3. The van der Waals surface area contributed by atoms with Crippen LogP contribution < -0.4 is 0 Å². The highest BCUT2D eigenvalue weighted by Gasteiger charge is 2.27. The molecule has 0 saturated carbocycles. The SMILES string of the molecule is CCN1CCOC(CN2CCOC(CC(=O)OC)C2)C1. The summed E-state index contributed by atoms with van der Waals surface area (Å²) in [4.78, 5) is 16.1. The zero-order valence-electron chi connectivity index (χ0n) is 12.5. The van der Waals surface area contributed by atoms with E-state index in [9.17, 15) is 4.79 Å². The van der Waals surface area contributed by atoms with E-state index in [2.05, 4.69) is 16.7 Å². The molecule has 20 heavy (non-hydrogen) atoms. The Hall–Kier alpha value is -0.690. The van der Waals surface area contributed by atoms with Crippen molar-refractivity contribution in [3.05, 3.63) is 0 Å². The van der Waals surface area contributed by atoms with E-state index in [-0.39, 0.29) is 18.2 Å². The molecule has 2 rings (SSSR count). The van der Waals surface area contributed by atoms with Gasteiger partial charge in [0, 0.05) is 32.7 Å². The molecule has 0 spiro atoms. The number of methoxy groups -OCH3 is 1. The Morgan fingerprint density at radius 3 is 2.50 bits per heavy atom. The molecule has 0 aromatic heterocycles. The minimum absolute atomic E-state index is 0.0536. The molecule has 2 heterocycles. The molecule has 2 saturated heterocycles. The van der Waals surface area contributed by atoms with Gasteiger partial charge in [0.1, 0.15) is 0 Å². The molecule has 2 fully saturated rings. The van der Waals surface area contributed by atoms with Crippen molar-refractivity contribution >= 4 is 5.97 Å². The standard InChI is InChI=1S/C14H26N2O4/c1-3-15-4-6-20-13(10-15)11-16-5-7-19-12(9-16)8-14(17)18-2/h12-13H,3-11H2,1-2H3. The molecule has 116 valence electrons. The van der Waals surface area contributed by atoms with Crippen LogP contribution in [0, 0.1) is 0 Å². The summed E-state index contributed by atoms with van der Waals surface area (Å²) < 4.78 is 16.2. The summed E-state index contributed by atoms with van der Waals surface area (Å²) in [6.45, 7) is 9.37. The van der Waals surface area contributed by atoms with Gasteiger partial charge >= 0.3 is 5.97 Å². The van der Waals surface area contributed by atoms with Crippen LogP contribution >= 0.6 is 0 Å². The number of carbonyl (C=O) groups is 1. The second-order valence-electron chi connectivity index (χ2n) is 5.42. The third-order valence-corrected chi connectivity index (χ3v) is 3.98. The maximum absolute atomic E-state index is 11.3. The van der Waals surface area contributed by atoms with Crippen molar-refractivity contribution in [2.45, 2.75) is 25.6 Å². The summed E-state index contributed by atoms with van der Waals surface area (Å²) in [6, 6.07) is 0. The number of likely N-dealkylation sites (N-methyl/N-ethyl adjacent to an activating group) is 1. The summed E-state index contributed by atoms with van der Waals surface area (Å²) in [7, 11) is 1.41. The van der Waals surface area contributed by atoms with E-state index in [1.54, 1.807) is 0 Å². The Labute approximate surface area is 120 Å². The van der Waals surface area contributed by atoms with Crippen molar-refractivity contribution in [3.63, 3.8) is 0 Å². The van der Waals surface area contributed by atoms with Gasteiger partial charge in [0.2, 0.25) is 0 Å². The van der Waals surface area contributed by atoms with Crippen molar-refractivity contribution in [3.8, 4) is 0 Å². The molecule has 2 aliphatic heterocycles. The Morgan fingerprint density at radius 2 is 1.80 bits per heavy atom. The normalized spacial score (nSPS) is 29.3. The van der Waals surface area contributed by atoms with Crippen LogP contribution in [0.4, 0.5) is 0 Å². The summed E-state index contributed by atoms with van der Waals surface area (Å²) in [5.74, 6) is -0.206. The minimum Gasteiger partial charge on any atom is -0.469 e. The Balaban J connectivity index is 1.76. The highest BCUT2D eigenvalue weighted by Crippen LogP contribution is 2.12. The molecule has 0 bridgehead atoms. The molecule has 2 unspecified atom stereocenters. The summed E-state index contributed by atoms with van der Waals surface area (Å²) >= 11 is 0. The first-order valence-electron chi connectivity index (χ1n) is 7.46. The van der Waals surface area contributed by atoms with E-state index in [4.69, 9.17) is 14.2 Å². The lowest BCUT2D eigenvalue weighted by molar-refractivity contribution is -0.146. The third kappa shape index (κ3) is 4.70. The number of esters is 1. The highest BCUT2D eigenvalue weighted by atomic mass is 16.5. The average Bonchev–Trinajstić information content (AvgIpc) is 2.47. The van der Waals surface area contributed by atoms with Crippen molar-refractivity contribution in [1.82, 2.24) is 9.80 Å². The van der Waals surface area contributed by atoms with Gasteiger partial charge in [-0.05, 0) is 6.54 Å². The van der Waals surface area contributed by atoms with Gasteiger partial charge in [-0.15, -0.1) is 0 Å². The zero-order valence-corrected chi connectivity index (χ0v) is 12.5. The number of morpholine rings is 2. The summed E-state index contributed by atoms with van der Waals surface area (Å²) in [5.41, 5.74) is 0.